The van der Waals surface area contributed by atoms with Crippen molar-refractivity contribution in [1.29, 1.82) is 0 Å². The van der Waals surface area contributed by atoms with Gasteiger partial charge in [-0.1, -0.05) is 6.92 Å². The quantitative estimate of drug-likeness (QED) is 0.809. The molecule has 0 aliphatic carbocycles. The number of nitrogens with zero attached hydrogens (tertiary/aromatic N) is 1. The SMILES string of the molecule is CCNC1CC2CCC(C1)N2CCC(=O)NC(C)(C)C. The van der Waals surface area contributed by atoms with E-state index < -0.39 is 0 Å². The first-order valence-electron chi connectivity index (χ1n) is 8.19. The Morgan fingerprint density at radius 2 is 1.80 bits per heavy atom. The van der Waals surface area contributed by atoms with Gasteiger partial charge in [-0.25, -0.2) is 0 Å². The molecule has 116 valence electrons. The maximum absolute atomic E-state index is 12.0. The average Bonchev–Trinajstić information content (AvgIpc) is 2.55. The number of rotatable bonds is 5. The van der Waals surface area contributed by atoms with Crippen molar-refractivity contribution < 1.29 is 4.79 Å². The monoisotopic (exact) mass is 281 g/mol. The van der Waals surface area contributed by atoms with Crippen molar-refractivity contribution in [3.05, 3.63) is 0 Å². The summed E-state index contributed by atoms with van der Waals surface area (Å²) < 4.78 is 0. The van der Waals surface area contributed by atoms with Gasteiger partial charge >= 0.3 is 0 Å². The van der Waals surface area contributed by atoms with Gasteiger partial charge in [0.2, 0.25) is 5.91 Å². The van der Waals surface area contributed by atoms with Crippen molar-refractivity contribution in [3.63, 3.8) is 0 Å². The Kier molecular flexibility index (Phi) is 5.08. The zero-order valence-corrected chi connectivity index (χ0v) is 13.5. The molecule has 4 heteroatoms. The molecule has 2 atom stereocenters. The Labute approximate surface area is 123 Å². The molecular weight excluding hydrogens is 250 g/mol. The summed E-state index contributed by atoms with van der Waals surface area (Å²) in [5.41, 5.74) is -0.117. The van der Waals surface area contributed by atoms with Crippen LogP contribution in [0.1, 0.15) is 59.8 Å². The van der Waals surface area contributed by atoms with Crippen LogP contribution in [-0.4, -0.2) is 47.6 Å². The number of hydrogen-bond donors (Lipinski definition) is 2. The summed E-state index contributed by atoms with van der Waals surface area (Å²) in [6.07, 6.45) is 5.77. The highest BCUT2D eigenvalue weighted by atomic mass is 16.1. The van der Waals surface area contributed by atoms with Crippen LogP contribution >= 0.6 is 0 Å². The lowest BCUT2D eigenvalue weighted by atomic mass is 9.97. The molecular formula is C16H31N3O. The molecule has 2 unspecified atom stereocenters. The third-order valence-corrected chi connectivity index (χ3v) is 4.49. The van der Waals surface area contributed by atoms with E-state index in [0.717, 1.165) is 13.1 Å². The van der Waals surface area contributed by atoms with Gasteiger partial charge in [-0.2, -0.15) is 0 Å². The van der Waals surface area contributed by atoms with E-state index in [4.69, 9.17) is 0 Å². The number of nitrogens with one attached hydrogen (secondary N) is 2. The molecule has 1 amide bonds. The molecule has 2 bridgehead atoms. The summed E-state index contributed by atoms with van der Waals surface area (Å²) in [6, 6.07) is 2.08. The number of amides is 1. The van der Waals surface area contributed by atoms with Crippen LogP contribution in [0.4, 0.5) is 0 Å². The van der Waals surface area contributed by atoms with Crippen LogP contribution in [0, 0.1) is 0 Å². The molecule has 2 aliphatic rings. The summed E-state index contributed by atoms with van der Waals surface area (Å²) in [4.78, 5) is 14.5. The van der Waals surface area contributed by atoms with Gasteiger partial charge in [0.05, 0.1) is 0 Å². The first kappa shape index (κ1) is 15.8. The minimum atomic E-state index is -0.117. The second kappa shape index (κ2) is 6.44. The number of carbonyl (C=O) groups excluding carboxylic acids is 1. The molecule has 0 radical (unpaired) electrons. The molecule has 2 heterocycles. The maximum atomic E-state index is 12.0. The average molecular weight is 281 g/mol. The predicted molar refractivity (Wildman–Crippen MR) is 82.7 cm³/mol. The number of hydrogen-bond acceptors (Lipinski definition) is 3. The minimum Gasteiger partial charge on any atom is -0.351 e. The molecule has 20 heavy (non-hydrogen) atoms. The third kappa shape index (κ3) is 4.19. The number of carbonyl (C=O) groups is 1. The lowest BCUT2D eigenvalue weighted by molar-refractivity contribution is -0.123. The number of fused-ring (bicyclic) bond motifs is 2. The van der Waals surface area contributed by atoms with Crippen LogP contribution in [0.2, 0.25) is 0 Å². The van der Waals surface area contributed by atoms with Crippen molar-refractivity contribution in [2.24, 2.45) is 0 Å². The second-order valence-corrected chi connectivity index (χ2v) is 7.40. The molecule has 2 saturated heterocycles. The van der Waals surface area contributed by atoms with Gasteiger partial charge in [-0.05, 0) is 53.0 Å². The summed E-state index contributed by atoms with van der Waals surface area (Å²) >= 11 is 0. The van der Waals surface area contributed by atoms with E-state index in [9.17, 15) is 4.79 Å². The summed E-state index contributed by atoms with van der Waals surface area (Å²) in [6.45, 7) is 10.3. The van der Waals surface area contributed by atoms with E-state index >= 15 is 0 Å². The Morgan fingerprint density at radius 1 is 1.20 bits per heavy atom. The fourth-order valence-corrected chi connectivity index (χ4v) is 3.81. The molecule has 0 spiro atoms. The Hall–Kier alpha value is -0.610. The normalized spacial score (nSPS) is 30.5. The van der Waals surface area contributed by atoms with E-state index in [2.05, 4.69) is 22.5 Å². The predicted octanol–water partition coefficient (Wildman–Crippen LogP) is 1.90. The van der Waals surface area contributed by atoms with Gasteiger partial charge in [0.15, 0.2) is 0 Å². The molecule has 0 saturated carbocycles. The van der Waals surface area contributed by atoms with Gasteiger partial charge in [0.1, 0.15) is 0 Å². The van der Waals surface area contributed by atoms with Crippen molar-refractivity contribution in [1.82, 2.24) is 15.5 Å². The smallest absolute Gasteiger partial charge is 0.221 e. The van der Waals surface area contributed by atoms with Gasteiger partial charge in [0, 0.05) is 36.6 Å². The number of piperidine rings is 1. The largest absolute Gasteiger partial charge is 0.351 e. The lowest BCUT2D eigenvalue weighted by Crippen LogP contribution is -2.50. The van der Waals surface area contributed by atoms with Crippen LogP contribution in [0.3, 0.4) is 0 Å². The molecule has 2 fully saturated rings. The van der Waals surface area contributed by atoms with E-state index in [1.54, 1.807) is 0 Å². The summed E-state index contributed by atoms with van der Waals surface area (Å²) in [5.74, 6) is 0.186. The fourth-order valence-electron chi connectivity index (χ4n) is 3.81. The Morgan fingerprint density at radius 3 is 2.30 bits per heavy atom. The summed E-state index contributed by atoms with van der Waals surface area (Å²) in [7, 11) is 0. The zero-order chi connectivity index (χ0) is 14.8. The summed E-state index contributed by atoms with van der Waals surface area (Å²) in [5, 5.41) is 6.66. The van der Waals surface area contributed by atoms with E-state index in [1.165, 1.54) is 25.7 Å². The van der Waals surface area contributed by atoms with Gasteiger partial charge in [0.25, 0.3) is 0 Å². The molecule has 2 rings (SSSR count). The van der Waals surface area contributed by atoms with E-state index in [0.29, 0.717) is 24.5 Å². The van der Waals surface area contributed by atoms with Crippen molar-refractivity contribution in [3.8, 4) is 0 Å². The van der Waals surface area contributed by atoms with Crippen molar-refractivity contribution in [2.45, 2.75) is 83.5 Å². The topological polar surface area (TPSA) is 44.4 Å². The molecule has 0 aromatic carbocycles. The molecule has 0 aromatic rings. The fraction of sp³-hybridized carbons (Fsp3) is 0.938. The lowest BCUT2D eigenvalue weighted by Gasteiger charge is -2.39. The highest BCUT2D eigenvalue weighted by Crippen LogP contribution is 2.35. The molecule has 2 aliphatic heterocycles. The highest BCUT2D eigenvalue weighted by molar-refractivity contribution is 5.76. The van der Waals surface area contributed by atoms with Crippen molar-refractivity contribution >= 4 is 5.91 Å². The third-order valence-electron chi connectivity index (χ3n) is 4.49. The van der Waals surface area contributed by atoms with Gasteiger partial charge in [-0.15, -0.1) is 0 Å². The van der Waals surface area contributed by atoms with Crippen LogP contribution in [0.25, 0.3) is 0 Å². The van der Waals surface area contributed by atoms with Crippen LogP contribution < -0.4 is 10.6 Å². The highest BCUT2D eigenvalue weighted by Gasteiger charge is 2.40. The van der Waals surface area contributed by atoms with Crippen molar-refractivity contribution in [2.75, 3.05) is 13.1 Å². The second-order valence-electron chi connectivity index (χ2n) is 7.40. The van der Waals surface area contributed by atoms with Crippen LogP contribution in [-0.2, 0) is 4.79 Å². The van der Waals surface area contributed by atoms with Gasteiger partial charge < -0.3 is 10.6 Å². The Bertz CT molecular complexity index is 323. The molecule has 4 nitrogen and oxygen atoms in total. The first-order valence-corrected chi connectivity index (χ1v) is 8.19. The van der Waals surface area contributed by atoms with Crippen LogP contribution in [0.5, 0.6) is 0 Å². The van der Waals surface area contributed by atoms with Gasteiger partial charge in [-0.3, -0.25) is 9.69 Å². The first-order chi connectivity index (χ1) is 9.39. The minimum absolute atomic E-state index is 0.117. The molecule has 0 aromatic heterocycles. The standard InChI is InChI=1S/C16H31N3O/c1-5-17-12-10-13-6-7-14(11-12)19(13)9-8-15(20)18-16(2,3)4/h12-14,17H,5-11H2,1-4H3,(H,18,20). The Balaban J connectivity index is 1.79. The van der Waals surface area contributed by atoms with E-state index in [-0.39, 0.29) is 11.4 Å². The molecule has 2 N–H and O–H groups in total. The maximum Gasteiger partial charge on any atom is 0.221 e. The van der Waals surface area contributed by atoms with E-state index in [1.807, 2.05) is 20.8 Å². The van der Waals surface area contributed by atoms with Crippen LogP contribution in [0.15, 0.2) is 0 Å². The zero-order valence-electron chi connectivity index (χ0n) is 13.5.